The molecule has 0 saturated carbocycles. The summed E-state index contributed by atoms with van der Waals surface area (Å²) in [5.41, 5.74) is 1.18. The molecule has 0 radical (unpaired) electrons. The number of aryl methyl sites for hydroxylation is 1. The van der Waals surface area contributed by atoms with E-state index in [0.29, 0.717) is 72.5 Å². The largest absolute Gasteiger partial charge is 0.762 e. The quantitative estimate of drug-likeness (QED) is 0.0299. The fourth-order valence-corrected chi connectivity index (χ4v) is 3.96. The molecule has 0 unspecified atom stereocenters. The average molecular weight is 1090 g/mol. The maximum atomic E-state index is 9.67. The number of aromatic amines is 1. The summed E-state index contributed by atoms with van der Waals surface area (Å²) in [5, 5.41) is 13.9. The Morgan fingerprint density at radius 2 is 0.838 bits per heavy atom. The molecule has 0 spiro atoms. The van der Waals surface area contributed by atoms with Crippen molar-refractivity contribution in [1.29, 1.82) is 0 Å². The highest BCUT2D eigenvalue weighted by Crippen LogP contribution is 2.18. The second-order valence-electron chi connectivity index (χ2n) is 12.6. The van der Waals surface area contributed by atoms with Gasteiger partial charge in [0.2, 0.25) is 0 Å². The van der Waals surface area contributed by atoms with Crippen molar-refractivity contribution in [3.8, 4) is 0 Å². The number of carbonyl (C=O) groups excluding carboxylic acids is 1. The summed E-state index contributed by atoms with van der Waals surface area (Å²) < 4.78 is 102. The number of aromatic nitrogens is 2. The van der Waals surface area contributed by atoms with Crippen molar-refractivity contribution in [2.45, 2.75) is 197 Å². The van der Waals surface area contributed by atoms with Gasteiger partial charge in [0.1, 0.15) is 6.29 Å². The van der Waals surface area contributed by atoms with E-state index in [4.69, 9.17) is 71.4 Å². The van der Waals surface area contributed by atoms with Crippen LogP contribution in [0.4, 0.5) is 12.9 Å². The third-order valence-corrected chi connectivity index (χ3v) is 6.65. The van der Waals surface area contributed by atoms with Crippen LogP contribution in [0.15, 0.2) is 24.7 Å². The average Bonchev–Trinajstić information content (AvgIpc) is 3.85. The van der Waals surface area contributed by atoms with Gasteiger partial charge in [-0.05, 0) is 137 Å². The lowest BCUT2D eigenvalue weighted by atomic mass is 10.1. The van der Waals surface area contributed by atoms with Crippen LogP contribution in [0.3, 0.4) is 0 Å². The van der Waals surface area contributed by atoms with Crippen LogP contribution in [0.25, 0.3) is 0 Å². The van der Waals surface area contributed by atoms with Crippen molar-refractivity contribution in [2.24, 2.45) is 5.92 Å². The minimum absolute atomic E-state index is 0. The zero-order chi connectivity index (χ0) is 58.2. The van der Waals surface area contributed by atoms with Crippen LogP contribution < -0.4 is 0 Å². The number of hydrogen-bond donors (Lipinski definition) is 2. The molecule has 74 heavy (non-hydrogen) atoms. The second kappa shape index (κ2) is 93.2. The summed E-state index contributed by atoms with van der Waals surface area (Å²) in [7, 11) is -3.67. The lowest BCUT2D eigenvalue weighted by Gasteiger charge is -2.29. The van der Waals surface area contributed by atoms with Gasteiger partial charge in [-0.15, -0.1) is 0 Å². The van der Waals surface area contributed by atoms with Crippen LogP contribution in [0.1, 0.15) is 164 Å². The first-order valence-corrected chi connectivity index (χ1v) is 26.1. The molecule has 1 aromatic heterocycles. The summed E-state index contributed by atoms with van der Waals surface area (Å²) in [6, 6.07) is 0. The van der Waals surface area contributed by atoms with Gasteiger partial charge in [0, 0.05) is 112 Å². The fourth-order valence-electron chi connectivity index (χ4n) is 3.96. The summed E-state index contributed by atoms with van der Waals surface area (Å²) in [4.78, 5) is 9.17. The van der Waals surface area contributed by atoms with Gasteiger partial charge in [0.25, 0.3) is 13.0 Å². The van der Waals surface area contributed by atoms with E-state index in [2.05, 4.69) is 17.1 Å². The van der Waals surface area contributed by atoms with Gasteiger partial charge in [-0.1, -0.05) is 34.3 Å². The van der Waals surface area contributed by atoms with E-state index in [-0.39, 0.29) is 38.8 Å². The smallest absolute Gasteiger partial charge is 0.502 e. The maximum absolute atomic E-state index is 9.67. The number of hydrogen-bond acceptors (Lipinski definition) is 17. The monoisotopic (exact) mass is 1090 g/mol. The highest BCUT2D eigenvalue weighted by molar-refractivity contribution is 6.33. The van der Waals surface area contributed by atoms with E-state index in [0.717, 1.165) is 45.7 Å². The minimum Gasteiger partial charge on any atom is -0.502 e. The molecule has 22 heteroatoms. The van der Waals surface area contributed by atoms with Crippen molar-refractivity contribution in [3.63, 3.8) is 0 Å². The Morgan fingerprint density at radius 1 is 0.554 bits per heavy atom. The molecule has 0 fully saturated rings. The van der Waals surface area contributed by atoms with Gasteiger partial charge in [-0.25, -0.2) is 0 Å². The summed E-state index contributed by atoms with van der Waals surface area (Å²) >= 11 is 0. The van der Waals surface area contributed by atoms with E-state index >= 15 is 0 Å². The Morgan fingerprint density at radius 3 is 0.959 bits per heavy atom. The molecular formula is C52H116BF3N2O16. The lowest BCUT2D eigenvalue weighted by Crippen LogP contribution is -2.37. The van der Waals surface area contributed by atoms with E-state index in [1.54, 1.807) is 19.4 Å². The summed E-state index contributed by atoms with van der Waals surface area (Å²) in [6.45, 7) is 50.1. The van der Waals surface area contributed by atoms with Crippen LogP contribution in [0.5, 0.6) is 0 Å². The van der Waals surface area contributed by atoms with Crippen LogP contribution in [0.2, 0.25) is 0 Å². The van der Waals surface area contributed by atoms with Gasteiger partial charge in [0.05, 0.1) is 25.0 Å². The highest BCUT2D eigenvalue weighted by atomic mass is 19.4. The number of aldehydes is 1. The van der Waals surface area contributed by atoms with Crippen molar-refractivity contribution >= 4 is 13.8 Å². The van der Waals surface area contributed by atoms with Crippen LogP contribution in [-0.4, -0.2) is 167 Å². The topological polar surface area (TPSA) is 195 Å². The molecule has 1 rings (SSSR count). The highest BCUT2D eigenvalue weighted by Gasteiger charge is 2.27. The van der Waals surface area contributed by atoms with Crippen molar-refractivity contribution in [3.05, 3.63) is 30.3 Å². The Kier molecular flexibility index (Phi) is 119. The van der Waals surface area contributed by atoms with Crippen LogP contribution in [-0.2, 0) is 71.1 Å². The Balaban J connectivity index is -0.0000000797. The molecule has 0 amide bonds. The zero-order valence-corrected chi connectivity index (χ0v) is 49.8. The number of rotatable bonds is 32. The molecule has 0 aromatic carbocycles. The van der Waals surface area contributed by atoms with Gasteiger partial charge in [-0.3, -0.25) is 18.0 Å². The molecule has 0 aliphatic heterocycles. The molecule has 0 saturated heterocycles. The van der Waals surface area contributed by atoms with Crippen molar-refractivity contribution < 1.29 is 89.2 Å². The molecular weight excluding hydrogens is 976 g/mol. The van der Waals surface area contributed by atoms with Crippen molar-refractivity contribution in [2.75, 3.05) is 106 Å². The van der Waals surface area contributed by atoms with Gasteiger partial charge < -0.3 is 76.2 Å². The summed E-state index contributed by atoms with van der Waals surface area (Å²) in [5.74, 6) is 0.0554. The maximum Gasteiger partial charge on any atom is 0.762 e. The first-order chi connectivity index (χ1) is 35.0. The number of halogens is 3. The predicted octanol–water partition coefficient (Wildman–Crippen LogP) is 12.4. The molecule has 454 valence electrons. The molecule has 2 N–H and O–H groups in total. The number of carbonyl (C=O) groups is 1. The Bertz CT molecular complexity index is 940. The third-order valence-electron chi connectivity index (χ3n) is 6.65. The van der Waals surface area contributed by atoms with E-state index in [1.807, 2.05) is 144 Å². The van der Waals surface area contributed by atoms with Gasteiger partial charge >= 0.3 is 7.54 Å². The second-order valence-corrected chi connectivity index (χ2v) is 12.6. The molecule has 0 aliphatic carbocycles. The standard InChI is InChI=1S/C12H26O4.2C7H16O3.C7H16O2.C5H10O.C4H6N2.C4H10O.C3H6O.C2H6O.CH4.BF3/c1-6-13-11(14-7-2)10(5)12(15-8-3)16-9-4;2*1-4-8-7(9-5-2)10-6-3;1-4-7(8-5-2)9-6-3;1-3-5-6-4-2;1-4-2-5-6-3-4;1-3-5-4-2;1-2-3-4;1-2-3;;2-1(3)4/h10-12H,6-9H2,1-5H3;2*7H,4-6H2,1-3H3;7H,4-6H2,1-3H3;3,5H,4H2,1-2H3;2-3H,1H3,(H,5,6);3-4H2,1-2H3;3H,2H2,1H3;3H,2H2,1H3;1H4;/b;;;;5-3-;;;;;;. The van der Waals surface area contributed by atoms with Gasteiger partial charge in [0.15, 0.2) is 18.9 Å². The number of ether oxygens (including phenoxy) is 14. The Hall–Kier alpha value is -2.29. The van der Waals surface area contributed by atoms with Crippen LogP contribution in [0, 0.1) is 12.8 Å². The normalized spacial score (nSPS) is 9.82. The third kappa shape index (κ3) is 102. The van der Waals surface area contributed by atoms with Gasteiger partial charge in [-0.2, -0.15) is 5.10 Å². The Labute approximate surface area is 451 Å². The molecule has 18 nitrogen and oxygen atoms in total. The van der Waals surface area contributed by atoms with E-state index in [9.17, 15) is 17.7 Å². The number of allylic oxidation sites excluding steroid dienone is 1. The molecule has 1 aromatic rings. The first-order valence-electron chi connectivity index (χ1n) is 26.1. The first kappa shape index (κ1) is 94.2. The van der Waals surface area contributed by atoms with Crippen LogP contribution >= 0.6 is 0 Å². The van der Waals surface area contributed by atoms with E-state index < -0.39 is 20.5 Å². The number of nitrogens with zero attached hydrogens (tertiary/aromatic N) is 1. The summed E-state index contributed by atoms with van der Waals surface area (Å²) in [6.07, 6.45) is 9.10. The predicted molar refractivity (Wildman–Crippen MR) is 295 cm³/mol. The number of aliphatic hydroxyl groups is 1. The van der Waals surface area contributed by atoms with Crippen molar-refractivity contribution in [1.82, 2.24) is 10.2 Å². The fraction of sp³-hybridized carbons (Fsp3) is 0.885. The minimum atomic E-state index is -3.67. The molecule has 0 aliphatic rings. The molecule has 0 bridgehead atoms. The number of aliphatic hydroxyl groups excluding tert-OH is 1. The van der Waals surface area contributed by atoms with E-state index in [1.165, 1.54) is 5.56 Å². The molecule has 0 atom stereocenters. The number of nitrogens with one attached hydrogen (secondary N) is 1. The SMILES string of the molecule is C.C/C=C\OCC.CCC=O.CCO.CCOC(CC)OCC.CCOC(OCC)C(C)C(OCC)OCC.CCOC(OCC)OCC.CCOC(OCC)OCC.CCOCC.Cc1cn[nH]c1.FB(F)F. The number of H-pyrrole nitrogens is 1. The zero-order valence-electron chi connectivity index (χ0n) is 49.8. The lowest BCUT2D eigenvalue weighted by molar-refractivity contribution is -0.283. The molecule has 1 heterocycles.